The lowest BCUT2D eigenvalue weighted by Gasteiger charge is -2.37. The van der Waals surface area contributed by atoms with E-state index < -0.39 is 30.0 Å². The van der Waals surface area contributed by atoms with Gasteiger partial charge in [0.25, 0.3) is 6.17 Å². The van der Waals surface area contributed by atoms with Crippen LogP contribution in [0, 0.1) is 29.5 Å². The van der Waals surface area contributed by atoms with E-state index in [0.717, 1.165) is 55.6 Å². The summed E-state index contributed by atoms with van der Waals surface area (Å²) in [4.78, 5) is 0. The standard InChI is InChI=1S/C26H33F7O/c1-2-3-17-6-11-20(12-7-17)21-13-8-18(9-14-21)4-5-19-10-15-23(22(27)16-19)34-26(32,33)24(28)25(29,30)31/h4-5,10,15-18,20-21,24H,2-3,6-9,11-14H2,1H3. The Bertz CT molecular complexity index is 804. The third-order valence-corrected chi connectivity index (χ3v) is 7.42. The molecule has 1 unspecified atom stereocenters. The highest BCUT2D eigenvalue weighted by Crippen LogP contribution is 2.42. The van der Waals surface area contributed by atoms with Gasteiger partial charge in [0.1, 0.15) is 0 Å². The Morgan fingerprint density at radius 3 is 2.06 bits per heavy atom. The van der Waals surface area contributed by atoms with Gasteiger partial charge in [0.05, 0.1) is 0 Å². The Balaban J connectivity index is 1.50. The molecule has 1 aromatic rings. The Kier molecular flexibility index (Phi) is 8.96. The molecule has 2 saturated carbocycles. The summed E-state index contributed by atoms with van der Waals surface area (Å²) in [6, 6.07) is 2.94. The van der Waals surface area contributed by atoms with E-state index in [-0.39, 0.29) is 0 Å². The van der Waals surface area contributed by atoms with E-state index in [0.29, 0.717) is 11.5 Å². The molecule has 2 aliphatic carbocycles. The molecule has 34 heavy (non-hydrogen) atoms. The smallest absolute Gasteiger partial charge is 0.427 e. The van der Waals surface area contributed by atoms with Crippen LogP contribution in [0.3, 0.4) is 0 Å². The van der Waals surface area contributed by atoms with Gasteiger partial charge in [0.15, 0.2) is 11.6 Å². The molecule has 0 radical (unpaired) electrons. The summed E-state index contributed by atoms with van der Waals surface area (Å²) in [6.07, 6.45) is 0.400. The molecule has 8 heteroatoms. The molecule has 0 N–H and O–H groups in total. The summed E-state index contributed by atoms with van der Waals surface area (Å²) in [7, 11) is 0. The monoisotopic (exact) mass is 494 g/mol. The van der Waals surface area contributed by atoms with Gasteiger partial charge in [-0.15, -0.1) is 0 Å². The first-order chi connectivity index (χ1) is 16.0. The lowest BCUT2D eigenvalue weighted by atomic mass is 9.68. The maximum Gasteiger partial charge on any atom is 0.439 e. The highest BCUT2D eigenvalue weighted by molar-refractivity contribution is 5.51. The topological polar surface area (TPSA) is 9.23 Å². The van der Waals surface area contributed by atoms with Crippen LogP contribution in [0.1, 0.15) is 76.7 Å². The van der Waals surface area contributed by atoms with Crippen LogP contribution in [0.5, 0.6) is 5.75 Å². The van der Waals surface area contributed by atoms with Crippen LogP contribution in [0.25, 0.3) is 6.08 Å². The lowest BCUT2D eigenvalue weighted by Crippen LogP contribution is -2.45. The largest absolute Gasteiger partial charge is 0.439 e. The van der Waals surface area contributed by atoms with Gasteiger partial charge in [-0.1, -0.05) is 50.8 Å². The highest BCUT2D eigenvalue weighted by Gasteiger charge is 2.59. The van der Waals surface area contributed by atoms with Crippen molar-refractivity contribution in [1.82, 2.24) is 0 Å². The minimum atomic E-state index is -5.82. The summed E-state index contributed by atoms with van der Waals surface area (Å²) in [5.74, 6) is 0.404. The number of hydrogen-bond acceptors (Lipinski definition) is 1. The molecule has 1 aromatic carbocycles. The SMILES string of the molecule is CCCC1CCC(C2CCC(C=Cc3ccc(OC(F)(F)C(F)C(F)(F)F)c(F)c3)CC2)CC1. The maximum absolute atomic E-state index is 14.1. The summed E-state index contributed by atoms with van der Waals surface area (Å²) in [6.45, 7) is 2.25. The molecule has 0 saturated heterocycles. The molecule has 0 spiro atoms. The number of hydrogen-bond donors (Lipinski definition) is 0. The Labute approximate surface area is 196 Å². The second kappa shape index (κ2) is 11.3. The van der Waals surface area contributed by atoms with Crippen LogP contribution >= 0.6 is 0 Å². The van der Waals surface area contributed by atoms with Gasteiger partial charge in [0, 0.05) is 0 Å². The van der Waals surface area contributed by atoms with Gasteiger partial charge in [0.2, 0.25) is 0 Å². The fourth-order valence-corrected chi connectivity index (χ4v) is 5.50. The van der Waals surface area contributed by atoms with Crippen molar-refractivity contribution in [3.63, 3.8) is 0 Å². The van der Waals surface area contributed by atoms with Crippen molar-refractivity contribution in [3.05, 3.63) is 35.7 Å². The molecule has 0 bridgehead atoms. The van der Waals surface area contributed by atoms with Crippen LogP contribution in [0.2, 0.25) is 0 Å². The van der Waals surface area contributed by atoms with Gasteiger partial charge in [-0.3, -0.25) is 0 Å². The summed E-state index contributed by atoms with van der Waals surface area (Å²) >= 11 is 0. The zero-order chi connectivity index (χ0) is 24.9. The molecular formula is C26H33F7O. The Hall–Kier alpha value is -1.73. The van der Waals surface area contributed by atoms with E-state index in [4.69, 9.17) is 0 Å². The van der Waals surface area contributed by atoms with Crippen molar-refractivity contribution in [3.8, 4) is 5.75 Å². The minimum Gasteiger partial charge on any atom is -0.427 e. The molecule has 0 aliphatic heterocycles. The molecular weight excluding hydrogens is 461 g/mol. The average molecular weight is 495 g/mol. The predicted molar refractivity (Wildman–Crippen MR) is 118 cm³/mol. The van der Waals surface area contributed by atoms with Crippen LogP contribution < -0.4 is 4.74 Å². The second-order valence-corrected chi connectivity index (χ2v) is 9.86. The summed E-state index contributed by atoms with van der Waals surface area (Å²) < 4.78 is 94.3. The van der Waals surface area contributed by atoms with Crippen molar-refractivity contribution in [2.75, 3.05) is 0 Å². The van der Waals surface area contributed by atoms with Crippen molar-refractivity contribution in [2.24, 2.45) is 23.7 Å². The van der Waals surface area contributed by atoms with Crippen LogP contribution in [0.4, 0.5) is 30.7 Å². The van der Waals surface area contributed by atoms with E-state index in [2.05, 4.69) is 11.7 Å². The van der Waals surface area contributed by atoms with Crippen molar-refractivity contribution < 1.29 is 35.5 Å². The zero-order valence-electron chi connectivity index (χ0n) is 19.4. The molecule has 192 valence electrons. The number of halogens is 7. The molecule has 0 heterocycles. The Morgan fingerprint density at radius 2 is 1.53 bits per heavy atom. The fourth-order valence-electron chi connectivity index (χ4n) is 5.50. The van der Waals surface area contributed by atoms with E-state index in [1.165, 1.54) is 44.6 Å². The second-order valence-electron chi connectivity index (χ2n) is 9.86. The molecule has 2 fully saturated rings. The number of benzene rings is 1. The van der Waals surface area contributed by atoms with Crippen molar-refractivity contribution >= 4 is 6.08 Å². The predicted octanol–water partition coefficient (Wildman–Crippen LogP) is 9.12. The van der Waals surface area contributed by atoms with Gasteiger partial charge >= 0.3 is 12.3 Å². The molecule has 1 atom stereocenters. The van der Waals surface area contributed by atoms with Gasteiger partial charge in [-0.05, 0) is 79.9 Å². The van der Waals surface area contributed by atoms with E-state index in [9.17, 15) is 30.7 Å². The molecule has 2 aliphatic rings. The number of allylic oxidation sites excluding steroid dienone is 1. The first-order valence-electron chi connectivity index (χ1n) is 12.2. The van der Waals surface area contributed by atoms with E-state index >= 15 is 0 Å². The van der Waals surface area contributed by atoms with Crippen molar-refractivity contribution in [2.45, 2.75) is 89.6 Å². The Morgan fingerprint density at radius 1 is 0.941 bits per heavy atom. The van der Waals surface area contributed by atoms with E-state index in [1.807, 2.05) is 6.08 Å². The van der Waals surface area contributed by atoms with Crippen LogP contribution in [0.15, 0.2) is 24.3 Å². The fraction of sp³-hybridized carbons (Fsp3) is 0.692. The third kappa shape index (κ3) is 7.14. The molecule has 0 aromatic heterocycles. The summed E-state index contributed by atoms with van der Waals surface area (Å²) in [5, 5.41) is 0. The molecule has 1 nitrogen and oxygen atoms in total. The van der Waals surface area contributed by atoms with Gasteiger partial charge in [-0.2, -0.15) is 22.0 Å². The molecule has 3 rings (SSSR count). The molecule has 0 amide bonds. The minimum absolute atomic E-state index is 0.343. The third-order valence-electron chi connectivity index (χ3n) is 7.42. The van der Waals surface area contributed by atoms with Crippen LogP contribution in [-0.4, -0.2) is 18.5 Å². The first kappa shape index (κ1) is 26.9. The lowest BCUT2D eigenvalue weighted by molar-refractivity contribution is -0.305. The number of rotatable bonds is 8. The number of alkyl halides is 6. The van der Waals surface area contributed by atoms with Gasteiger partial charge in [-0.25, -0.2) is 8.78 Å². The quantitative estimate of drug-likeness (QED) is 0.328. The average Bonchev–Trinajstić information content (AvgIpc) is 2.79. The normalized spacial score (nSPS) is 27.6. The van der Waals surface area contributed by atoms with Gasteiger partial charge < -0.3 is 4.74 Å². The maximum atomic E-state index is 14.1. The van der Waals surface area contributed by atoms with Crippen LogP contribution in [-0.2, 0) is 0 Å². The van der Waals surface area contributed by atoms with E-state index in [1.54, 1.807) is 6.08 Å². The first-order valence-corrected chi connectivity index (χ1v) is 12.2. The number of ether oxygens (including phenoxy) is 1. The summed E-state index contributed by atoms with van der Waals surface area (Å²) in [5.41, 5.74) is 0.372. The van der Waals surface area contributed by atoms with Crippen molar-refractivity contribution in [1.29, 1.82) is 0 Å². The zero-order valence-corrected chi connectivity index (χ0v) is 19.4. The highest BCUT2D eigenvalue weighted by atomic mass is 19.4.